The Morgan fingerprint density at radius 1 is 0.972 bits per heavy atom. The highest BCUT2D eigenvalue weighted by atomic mass is 35.5. The molecule has 1 aliphatic rings. The van der Waals surface area contributed by atoms with E-state index in [-0.39, 0.29) is 19.1 Å². The van der Waals surface area contributed by atoms with E-state index in [1.165, 1.54) is 0 Å². The van der Waals surface area contributed by atoms with Crippen molar-refractivity contribution in [3.8, 4) is 11.1 Å². The molecule has 1 saturated carbocycles. The molecule has 0 aliphatic heterocycles. The molecule has 3 N–H and O–H groups in total. The molecule has 2 amide bonds. The van der Waals surface area contributed by atoms with Crippen LogP contribution in [0.5, 0.6) is 0 Å². The second kappa shape index (κ2) is 13.6. The van der Waals surface area contributed by atoms with E-state index in [9.17, 15) is 18.0 Å². The number of carbonyl (C=O) groups excluding carboxylic acids is 2. The van der Waals surface area contributed by atoms with Crippen molar-refractivity contribution in [2.75, 3.05) is 37.4 Å². The van der Waals surface area contributed by atoms with Gasteiger partial charge in [0.1, 0.15) is 6.61 Å². The van der Waals surface area contributed by atoms with Gasteiger partial charge in [0.2, 0.25) is 5.91 Å². The van der Waals surface area contributed by atoms with Gasteiger partial charge in [-0.2, -0.15) is 8.42 Å². The molecular formula is C25H31ClN2O7S. The van der Waals surface area contributed by atoms with Crippen LogP contribution < -0.4 is 10.6 Å². The number of rotatable bonds is 11. The van der Waals surface area contributed by atoms with E-state index in [1.807, 2.05) is 36.4 Å². The van der Waals surface area contributed by atoms with Gasteiger partial charge in [-0.05, 0) is 61.3 Å². The fourth-order valence-electron chi connectivity index (χ4n) is 4.07. The van der Waals surface area contributed by atoms with Gasteiger partial charge in [0.25, 0.3) is 10.1 Å². The summed E-state index contributed by atoms with van der Waals surface area (Å²) in [4.78, 5) is 24.1. The summed E-state index contributed by atoms with van der Waals surface area (Å²) in [5, 5.41) is 5.86. The Labute approximate surface area is 216 Å². The van der Waals surface area contributed by atoms with Crippen LogP contribution in [0.15, 0.2) is 48.5 Å². The van der Waals surface area contributed by atoms with Crippen molar-refractivity contribution in [3.05, 3.63) is 53.6 Å². The van der Waals surface area contributed by atoms with Crippen molar-refractivity contribution in [1.82, 2.24) is 5.32 Å². The van der Waals surface area contributed by atoms with Crippen molar-refractivity contribution in [3.63, 3.8) is 0 Å². The fourth-order valence-corrected chi connectivity index (χ4v) is 4.55. The average molecular weight is 539 g/mol. The summed E-state index contributed by atoms with van der Waals surface area (Å²) in [5.41, 5.74) is 2.47. The lowest BCUT2D eigenvalue weighted by Crippen LogP contribution is -2.32. The Balaban J connectivity index is 1.33. The Morgan fingerprint density at radius 2 is 1.61 bits per heavy atom. The van der Waals surface area contributed by atoms with Crippen LogP contribution >= 0.6 is 11.6 Å². The molecule has 196 valence electrons. The Bertz CT molecular complexity index is 1120. The first-order valence-corrected chi connectivity index (χ1v) is 13.8. The second-order valence-corrected chi connectivity index (χ2v) is 10.8. The minimum absolute atomic E-state index is 0.160. The first kappa shape index (κ1) is 27.9. The van der Waals surface area contributed by atoms with Gasteiger partial charge in [0.05, 0.1) is 24.7 Å². The lowest BCUT2D eigenvalue weighted by molar-refractivity contribution is -0.126. The van der Waals surface area contributed by atoms with Crippen molar-refractivity contribution < 1.29 is 32.0 Å². The van der Waals surface area contributed by atoms with E-state index in [4.69, 9.17) is 25.6 Å². The van der Waals surface area contributed by atoms with E-state index in [0.29, 0.717) is 29.8 Å². The summed E-state index contributed by atoms with van der Waals surface area (Å²) in [7, 11) is -4.10. The van der Waals surface area contributed by atoms with E-state index >= 15 is 0 Å². The maximum absolute atomic E-state index is 12.4. The molecule has 0 bridgehead atoms. The summed E-state index contributed by atoms with van der Waals surface area (Å²) >= 11 is 5.98. The largest absolute Gasteiger partial charge is 0.449 e. The molecule has 0 aromatic heterocycles. The van der Waals surface area contributed by atoms with Crippen molar-refractivity contribution in [2.24, 2.45) is 11.8 Å². The van der Waals surface area contributed by atoms with Gasteiger partial charge < -0.3 is 14.8 Å². The van der Waals surface area contributed by atoms with E-state index in [0.717, 1.165) is 36.8 Å². The quantitative estimate of drug-likeness (QED) is 0.362. The van der Waals surface area contributed by atoms with Crippen LogP contribution in [0.2, 0.25) is 5.02 Å². The van der Waals surface area contributed by atoms with E-state index in [1.54, 1.807) is 12.1 Å². The predicted molar refractivity (Wildman–Crippen MR) is 138 cm³/mol. The summed E-state index contributed by atoms with van der Waals surface area (Å²) in [6, 6.07) is 14.9. The number of benzene rings is 2. The number of carbonyl (C=O) groups is 2. The molecule has 0 unspecified atom stereocenters. The maximum atomic E-state index is 12.4. The number of amides is 2. The smallest absolute Gasteiger partial charge is 0.411 e. The van der Waals surface area contributed by atoms with Crippen molar-refractivity contribution in [1.29, 1.82) is 0 Å². The maximum Gasteiger partial charge on any atom is 0.411 e. The molecule has 0 heterocycles. The molecule has 0 atom stereocenters. The molecule has 11 heteroatoms. The van der Waals surface area contributed by atoms with Crippen LogP contribution in [0, 0.1) is 11.8 Å². The minimum atomic E-state index is -4.10. The van der Waals surface area contributed by atoms with Gasteiger partial charge >= 0.3 is 6.09 Å². The Morgan fingerprint density at radius 3 is 2.28 bits per heavy atom. The second-order valence-electron chi connectivity index (χ2n) is 8.81. The zero-order chi connectivity index (χ0) is 26.0. The van der Waals surface area contributed by atoms with Gasteiger partial charge in [-0.25, -0.2) is 4.79 Å². The monoisotopic (exact) mass is 538 g/mol. The average Bonchev–Trinajstić information content (AvgIpc) is 2.84. The van der Waals surface area contributed by atoms with Gasteiger partial charge in [-0.1, -0.05) is 41.9 Å². The van der Waals surface area contributed by atoms with Crippen LogP contribution in [0.1, 0.15) is 25.7 Å². The number of ether oxygens (including phenoxy) is 2. The Kier molecular flexibility index (Phi) is 10.5. The predicted octanol–water partition coefficient (Wildman–Crippen LogP) is 4.38. The molecule has 0 saturated heterocycles. The van der Waals surface area contributed by atoms with Crippen LogP contribution in [0.4, 0.5) is 10.5 Å². The van der Waals surface area contributed by atoms with Crippen LogP contribution in [0.25, 0.3) is 11.1 Å². The summed E-state index contributed by atoms with van der Waals surface area (Å²) < 4.78 is 40.9. The topological polar surface area (TPSA) is 131 Å². The highest BCUT2D eigenvalue weighted by Gasteiger charge is 2.23. The lowest BCUT2D eigenvalue weighted by atomic mass is 9.83. The third-order valence-electron chi connectivity index (χ3n) is 6.00. The summed E-state index contributed by atoms with van der Waals surface area (Å²) in [6.07, 6.45) is 3.09. The normalized spacial score (nSPS) is 17.8. The number of nitrogens with one attached hydrogen (secondary N) is 2. The van der Waals surface area contributed by atoms with Gasteiger partial charge in [-0.3, -0.25) is 14.7 Å². The first-order valence-electron chi connectivity index (χ1n) is 11.8. The van der Waals surface area contributed by atoms with E-state index in [2.05, 4.69) is 10.6 Å². The molecule has 2 aromatic carbocycles. The Hall–Kier alpha value is -2.66. The zero-order valence-electron chi connectivity index (χ0n) is 19.8. The SMILES string of the molecule is O=C(COC[C@H]1CC[C@H](COC(=O)Nc2ccccc2-c2ccc(Cl)cc2)CC1)NCCS(=O)(=O)O. The van der Waals surface area contributed by atoms with Gasteiger partial charge in [0, 0.05) is 17.1 Å². The number of hydrogen-bond acceptors (Lipinski definition) is 6. The molecule has 0 spiro atoms. The third-order valence-corrected chi connectivity index (χ3v) is 6.98. The highest BCUT2D eigenvalue weighted by Crippen LogP contribution is 2.30. The summed E-state index contributed by atoms with van der Waals surface area (Å²) in [6.45, 7) is 0.443. The zero-order valence-corrected chi connectivity index (χ0v) is 21.4. The minimum Gasteiger partial charge on any atom is -0.449 e. The third kappa shape index (κ3) is 9.77. The molecule has 1 aliphatic carbocycles. The standard InChI is InChI=1S/C25H31ClN2O7S/c26-21-11-9-20(10-12-21)22-3-1-2-4-23(22)28-25(30)35-16-19-7-5-18(6-8-19)15-34-17-24(29)27-13-14-36(31,32)33/h1-4,9-12,18-19H,5-8,13-17H2,(H,27,29)(H,28,30)(H,31,32,33)/t18-,19-. The molecule has 2 aromatic rings. The molecular weight excluding hydrogens is 508 g/mol. The number of halogens is 1. The lowest BCUT2D eigenvalue weighted by Gasteiger charge is -2.28. The molecule has 3 rings (SSSR count). The summed E-state index contributed by atoms with van der Waals surface area (Å²) in [5.74, 6) is -0.379. The van der Waals surface area contributed by atoms with Crippen LogP contribution in [-0.2, 0) is 24.4 Å². The first-order chi connectivity index (χ1) is 17.2. The van der Waals surface area contributed by atoms with Crippen molar-refractivity contribution >= 4 is 39.4 Å². The van der Waals surface area contributed by atoms with Crippen LogP contribution in [0.3, 0.4) is 0 Å². The van der Waals surface area contributed by atoms with E-state index < -0.39 is 27.9 Å². The molecule has 0 radical (unpaired) electrons. The van der Waals surface area contributed by atoms with Gasteiger partial charge in [-0.15, -0.1) is 0 Å². The number of anilines is 1. The highest BCUT2D eigenvalue weighted by molar-refractivity contribution is 7.85. The molecule has 1 fully saturated rings. The number of para-hydroxylation sites is 1. The fraction of sp³-hybridized carbons (Fsp3) is 0.440. The molecule has 36 heavy (non-hydrogen) atoms. The van der Waals surface area contributed by atoms with Crippen molar-refractivity contribution in [2.45, 2.75) is 25.7 Å². The van der Waals surface area contributed by atoms with Crippen LogP contribution in [-0.4, -0.2) is 57.1 Å². The number of hydrogen-bond donors (Lipinski definition) is 3. The van der Waals surface area contributed by atoms with Gasteiger partial charge in [0.15, 0.2) is 0 Å². The molecule has 9 nitrogen and oxygen atoms in total.